The normalized spacial score (nSPS) is 16.1. The summed E-state index contributed by atoms with van der Waals surface area (Å²) in [7, 11) is 0. The van der Waals surface area contributed by atoms with E-state index in [0.717, 1.165) is 18.4 Å². The molecular weight excluding hydrogens is 261 g/mol. The smallest absolute Gasteiger partial charge is 0.303 e. The molecule has 3 N–H and O–H groups in total. The minimum atomic E-state index is -0.759. The number of carboxylic acid groups (broad SMARTS) is 1. The van der Waals surface area contributed by atoms with Crippen molar-refractivity contribution in [3.8, 4) is 0 Å². The molecule has 1 fully saturated rings. The number of carboxylic acids is 1. The van der Waals surface area contributed by atoms with Crippen LogP contribution in [-0.2, 0) is 4.79 Å². The molecule has 3 nitrogen and oxygen atoms in total. The second-order valence-electron chi connectivity index (χ2n) is 4.32. The van der Waals surface area contributed by atoms with Crippen LogP contribution < -0.4 is 5.73 Å². The number of aliphatic carboxylic acids is 1. The Hall–Kier alpha value is -0.930. The first kappa shape index (κ1) is 14.1. The Kier molecular flexibility index (Phi) is 4.66. The lowest BCUT2D eigenvalue weighted by Gasteiger charge is -2.15. The first-order chi connectivity index (χ1) is 7.58. The van der Waals surface area contributed by atoms with Crippen molar-refractivity contribution in [3.05, 3.63) is 28.8 Å². The van der Waals surface area contributed by atoms with Crippen molar-refractivity contribution in [3.63, 3.8) is 0 Å². The molecule has 1 atom stereocenters. The van der Waals surface area contributed by atoms with Crippen LogP contribution in [0.1, 0.15) is 30.7 Å². The molecule has 0 amide bonds. The van der Waals surface area contributed by atoms with Gasteiger partial charge in [0, 0.05) is 0 Å². The van der Waals surface area contributed by atoms with Crippen LogP contribution in [0.15, 0.2) is 18.2 Å². The van der Waals surface area contributed by atoms with Crippen LogP contribution >= 0.6 is 24.0 Å². The number of nitrogen functional groups attached to an aromatic ring is 1. The molecule has 0 radical (unpaired) electrons. The van der Waals surface area contributed by atoms with Gasteiger partial charge in [-0.2, -0.15) is 0 Å². The van der Waals surface area contributed by atoms with Crippen molar-refractivity contribution in [2.45, 2.75) is 25.2 Å². The Bertz CT molecular complexity index is 419. The maximum atomic E-state index is 10.8. The van der Waals surface area contributed by atoms with Crippen LogP contribution in [0.25, 0.3) is 0 Å². The number of carbonyl (C=O) groups is 1. The van der Waals surface area contributed by atoms with Crippen LogP contribution in [0, 0.1) is 5.92 Å². The molecule has 0 aromatic heterocycles. The lowest BCUT2D eigenvalue weighted by molar-refractivity contribution is -0.137. The third-order valence-electron chi connectivity index (χ3n) is 3.03. The zero-order valence-electron chi connectivity index (χ0n) is 9.23. The van der Waals surface area contributed by atoms with Crippen LogP contribution in [0.4, 0.5) is 5.69 Å². The van der Waals surface area contributed by atoms with Gasteiger partial charge in [-0.25, -0.2) is 0 Å². The molecule has 2 rings (SSSR count). The molecule has 0 heterocycles. The van der Waals surface area contributed by atoms with Gasteiger partial charge in [-0.15, -0.1) is 12.4 Å². The molecule has 1 aliphatic carbocycles. The summed E-state index contributed by atoms with van der Waals surface area (Å²) >= 11 is 5.84. The van der Waals surface area contributed by atoms with Gasteiger partial charge in [0.2, 0.25) is 0 Å². The van der Waals surface area contributed by atoms with E-state index in [1.165, 1.54) is 0 Å². The third kappa shape index (κ3) is 3.51. The van der Waals surface area contributed by atoms with E-state index in [2.05, 4.69) is 0 Å². The lowest BCUT2D eigenvalue weighted by atomic mass is 9.91. The van der Waals surface area contributed by atoms with Gasteiger partial charge in [0.15, 0.2) is 0 Å². The summed E-state index contributed by atoms with van der Waals surface area (Å²) in [4.78, 5) is 10.8. The van der Waals surface area contributed by atoms with Crippen LogP contribution in [-0.4, -0.2) is 11.1 Å². The molecular formula is C12H15Cl2NO2. The Balaban J connectivity index is 0.00000144. The molecule has 0 saturated heterocycles. The van der Waals surface area contributed by atoms with E-state index in [1.54, 1.807) is 12.1 Å². The van der Waals surface area contributed by atoms with E-state index < -0.39 is 5.97 Å². The van der Waals surface area contributed by atoms with E-state index in [4.69, 9.17) is 22.4 Å². The number of halogens is 2. The molecule has 1 aliphatic rings. The molecule has 0 spiro atoms. The van der Waals surface area contributed by atoms with Crippen LogP contribution in [0.3, 0.4) is 0 Å². The van der Waals surface area contributed by atoms with Crippen molar-refractivity contribution < 1.29 is 9.90 Å². The first-order valence-electron chi connectivity index (χ1n) is 5.34. The van der Waals surface area contributed by atoms with Crippen LogP contribution in [0.5, 0.6) is 0 Å². The van der Waals surface area contributed by atoms with E-state index in [9.17, 15) is 4.79 Å². The monoisotopic (exact) mass is 275 g/mol. The zero-order chi connectivity index (χ0) is 11.7. The molecule has 1 aromatic rings. The van der Waals surface area contributed by atoms with Gasteiger partial charge < -0.3 is 10.8 Å². The van der Waals surface area contributed by atoms with Gasteiger partial charge >= 0.3 is 5.97 Å². The van der Waals surface area contributed by atoms with Crippen molar-refractivity contribution >= 4 is 35.7 Å². The van der Waals surface area contributed by atoms with Gasteiger partial charge in [0.05, 0.1) is 17.1 Å². The molecule has 17 heavy (non-hydrogen) atoms. The number of anilines is 1. The number of nitrogens with two attached hydrogens (primary N) is 1. The largest absolute Gasteiger partial charge is 0.481 e. The van der Waals surface area contributed by atoms with Gasteiger partial charge in [0.25, 0.3) is 0 Å². The number of rotatable bonds is 4. The summed E-state index contributed by atoms with van der Waals surface area (Å²) < 4.78 is 0. The standard InChI is InChI=1S/C12H14ClNO2.ClH/c13-10-4-3-8(5-11(10)14)9(6-12(15)16)7-1-2-7;/h3-5,7,9H,1-2,6,14H2,(H,15,16);1H. The number of hydrogen-bond donors (Lipinski definition) is 2. The predicted octanol–water partition coefficient (Wildman–Crippen LogP) is 3.31. The van der Waals surface area contributed by atoms with Crippen molar-refractivity contribution in [1.82, 2.24) is 0 Å². The average Bonchev–Trinajstić information content (AvgIpc) is 3.02. The van der Waals surface area contributed by atoms with Gasteiger partial charge in [-0.1, -0.05) is 17.7 Å². The summed E-state index contributed by atoms with van der Waals surface area (Å²) in [5.41, 5.74) is 7.25. The summed E-state index contributed by atoms with van der Waals surface area (Å²) in [6.45, 7) is 0. The molecule has 1 unspecified atom stereocenters. The van der Waals surface area contributed by atoms with E-state index in [-0.39, 0.29) is 24.7 Å². The van der Waals surface area contributed by atoms with Crippen molar-refractivity contribution in [2.24, 2.45) is 5.92 Å². The Morgan fingerprint density at radius 1 is 1.53 bits per heavy atom. The highest BCUT2D eigenvalue weighted by atomic mass is 35.5. The van der Waals surface area contributed by atoms with Crippen molar-refractivity contribution in [1.29, 1.82) is 0 Å². The zero-order valence-corrected chi connectivity index (χ0v) is 10.8. The topological polar surface area (TPSA) is 63.3 Å². The molecule has 0 bridgehead atoms. The van der Waals surface area contributed by atoms with Crippen molar-refractivity contribution in [2.75, 3.05) is 5.73 Å². The minimum Gasteiger partial charge on any atom is -0.481 e. The highest BCUT2D eigenvalue weighted by Crippen LogP contribution is 2.45. The summed E-state index contributed by atoms with van der Waals surface area (Å²) in [5.74, 6) is -0.181. The SMILES string of the molecule is Cl.Nc1cc(C(CC(=O)O)C2CC2)ccc1Cl. The fraction of sp³-hybridized carbons (Fsp3) is 0.417. The Morgan fingerprint density at radius 3 is 2.65 bits per heavy atom. The quantitative estimate of drug-likeness (QED) is 0.829. The second kappa shape index (κ2) is 5.61. The molecule has 94 valence electrons. The fourth-order valence-corrected chi connectivity index (χ4v) is 2.15. The summed E-state index contributed by atoms with van der Waals surface area (Å²) in [6, 6.07) is 5.42. The first-order valence-corrected chi connectivity index (χ1v) is 5.72. The van der Waals surface area contributed by atoms with Gasteiger partial charge in [-0.3, -0.25) is 4.79 Å². The maximum Gasteiger partial charge on any atom is 0.303 e. The van der Waals surface area contributed by atoms with E-state index in [0.29, 0.717) is 16.6 Å². The maximum absolute atomic E-state index is 10.8. The van der Waals surface area contributed by atoms with Gasteiger partial charge in [0.1, 0.15) is 0 Å². The number of hydrogen-bond acceptors (Lipinski definition) is 2. The highest BCUT2D eigenvalue weighted by molar-refractivity contribution is 6.33. The van der Waals surface area contributed by atoms with E-state index in [1.807, 2.05) is 6.07 Å². The van der Waals surface area contributed by atoms with Gasteiger partial charge in [-0.05, 0) is 42.4 Å². The fourth-order valence-electron chi connectivity index (χ4n) is 2.04. The highest BCUT2D eigenvalue weighted by Gasteiger charge is 2.33. The number of benzene rings is 1. The predicted molar refractivity (Wildman–Crippen MR) is 70.8 cm³/mol. The summed E-state index contributed by atoms with van der Waals surface area (Å²) in [5, 5.41) is 9.41. The third-order valence-corrected chi connectivity index (χ3v) is 3.38. The minimum absolute atomic E-state index is 0. The molecule has 5 heteroatoms. The summed E-state index contributed by atoms with van der Waals surface area (Å²) in [6.07, 6.45) is 2.40. The lowest BCUT2D eigenvalue weighted by Crippen LogP contribution is -2.08. The molecule has 0 aliphatic heterocycles. The Morgan fingerprint density at radius 2 is 2.18 bits per heavy atom. The molecule has 1 saturated carbocycles. The average molecular weight is 276 g/mol. The molecule has 1 aromatic carbocycles. The second-order valence-corrected chi connectivity index (χ2v) is 4.73. The van der Waals surface area contributed by atoms with Crippen LogP contribution in [0.2, 0.25) is 5.02 Å². The Labute approximate surface area is 111 Å². The van der Waals surface area contributed by atoms with E-state index >= 15 is 0 Å².